The molecule has 0 aromatic heterocycles. The third kappa shape index (κ3) is 4.77. The van der Waals surface area contributed by atoms with Crippen molar-refractivity contribution in [3.05, 3.63) is 35.4 Å². The van der Waals surface area contributed by atoms with Gasteiger partial charge in [-0.1, -0.05) is 31.4 Å². The van der Waals surface area contributed by atoms with Crippen molar-refractivity contribution in [2.24, 2.45) is 11.8 Å². The van der Waals surface area contributed by atoms with Crippen LogP contribution in [0.1, 0.15) is 61.9 Å². The molecule has 0 radical (unpaired) electrons. The van der Waals surface area contributed by atoms with Crippen LogP contribution in [0.25, 0.3) is 0 Å². The average Bonchev–Trinajstić information content (AvgIpc) is 2.65. The van der Waals surface area contributed by atoms with Crippen molar-refractivity contribution in [2.45, 2.75) is 58.5 Å². The zero-order valence-corrected chi connectivity index (χ0v) is 16.0. The fourth-order valence-corrected chi connectivity index (χ4v) is 4.23. The Hall–Kier alpha value is -2.04. The van der Waals surface area contributed by atoms with Crippen LogP contribution >= 0.6 is 0 Å². The summed E-state index contributed by atoms with van der Waals surface area (Å²) in [6.45, 7) is 6.12. The van der Waals surface area contributed by atoms with Crippen molar-refractivity contribution in [3.63, 3.8) is 0 Å². The third-order valence-corrected chi connectivity index (χ3v) is 5.65. The van der Waals surface area contributed by atoms with E-state index >= 15 is 0 Å². The average molecular weight is 357 g/mol. The van der Waals surface area contributed by atoms with Crippen LogP contribution in [0.2, 0.25) is 0 Å². The molecule has 1 aliphatic heterocycles. The summed E-state index contributed by atoms with van der Waals surface area (Å²) in [6, 6.07) is 7.56. The highest BCUT2D eigenvalue weighted by atomic mass is 16.2. The van der Waals surface area contributed by atoms with Gasteiger partial charge in [-0.3, -0.25) is 4.79 Å². The first kappa shape index (κ1) is 18.7. The number of nitrogens with zero attached hydrogens (tertiary/aromatic N) is 1. The normalized spacial score (nSPS) is 22.7. The summed E-state index contributed by atoms with van der Waals surface area (Å²) in [5.41, 5.74) is 1.74. The van der Waals surface area contributed by atoms with Crippen LogP contribution in [0.4, 0.5) is 4.79 Å². The van der Waals surface area contributed by atoms with Crippen molar-refractivity contribution in [1.82, 2.24) is 15.5 Å². The van der Waals surface area contributed by atoms with Crippen LogP contribution < -0.4 is 10.6 Å². The number of carbonyl (C=O) groups is 2. The largest absolute Gasteiger partial charge is 0.338 e. The molecule has 1 aliphatic carbocycles. The first-order chi connectivity index (χ1) is 12.5. The van der Waals surface area contributed by atoms with Gasteiger partial charge < -0.3 is 15.5 Å². The van der Waals surface area contributed by atoms with Crippen molar-refractivity contribution in [3.8, 4) is 0 Å². The lowest BCUT2D eigenvalue weighted by molar-refractivity contribution is 0.0521. The molecule has 1 aromatic carbocycles. The molecule has 1 saturated carbocycles. The van der Waals surface area contributed by atoms with E-state index in [1.54, 1.807) is 0 Å². The highest BCUT2D eigenvalue weighted by Gasteiger charge is 2.33. The predicted octanol–water partition coefficient (Wildman–Crippen LogP) is 3.55. The third-order valence-electron chi connectivity index (χ3n) is 5.65. The molecule has 2 fully saturated rings. The summed E-state index contributed by atoms with van der Waals surface area (Å²) >= 11 is 0. The zero-order valence-electron chi connectivity index (χ0n) is 16.0. The maximum absolute atomic E-state index is 12.8. The number of urea groups is 1. The van der Waals surface area contributed by atoms with Crippen molar-refractivity contribution in [1.29, 1.82) is 0 Å². The molecule has 3 rings (SSSR count). The summed E-state index contributed by atoms with van der Waals surface area (Å²) in [6.07, 6.45) is 6.45. The fourth-order valence-electron chi connectivity index (χ4n) is 4.23. The maximum Gasteiger partial charge on any atom is 0.315 e. The van der Waals surface area contributed by atoms with Gasteiger partial charge in [-0.15, -0.1) is 0 Å². The molecule has 5 heteroatoms. The number of likely N-dealkylation sites (tertiary alicyclic amines) is 1. The van der Waals surface area contributed by atoms with E-state index in [2.05, 4.69) is 10.6 Å². The van der Waals surface area contributed by atoms with Crippen LogP contribution in [0.3, 0.4) is 0 Å². The lowest BCUT2D eigenvalue weighted by Crippen LogP contribution is -2.44. The molecule has 2 N–H and O–H groups in total. The monoisotopic (exact) mass is 357 g/mol. The molecule has 0 unspecified atom stereocenters. The quantitative estimate of drug-likeness (QED) is 0.866. The summed E-state index contributed by atoms with van der Waals surface area (Å²) in [4.78, 5) is 26.5. The fraction of sp³-hybridized carbons (Fsp3) is 0.619. The molecule has 26 heavy (non-hydrogen) atoms. The molecule has 5 nitrogen and oxygen atoms in total. The van der Waals surface area contributed by atoms with Gasteiger partial charge in [0.15, 0.2) is 0 Å². The summed E-state index contributed by atoms with van der Waals surface area (Å²) in [5.74, 6) is 1.67. The number of nitrogens with one attached hydrogen (secondary N) is 2. The molecule has 142 valence electrons. The van der Waals surface area contributed by atoms with Crippen molar-refractivity contribution >= 4 is 11.9 Å². The Morgan fingerprint density at radius 1 is 1.08 bits per heavy atom. The van der Waals surface area contributed by atoms with E-state index in [1.165, 1.54) is 25.7 Å². The molecule has 0 bridgehead atoms. The summed E-state index contributed by atoms with van der Waals surface area (Å²) in [7, 11) is 0. The Bertz CT molecular complexity index is 627. The number of rotatable bonds is 4. The first-order valence-corrected chi connectivity index (χ1v) is 9.95. The molecule has 2 atom stereocenters. The van der Waals surface area contributed by atoms with E-state index in [0.29, 0.717) is 12.5 Å². The van der Waals surface area contributed by atoms with Gasteiger partial charge in [0.1, 0.15) is 0 Å². The lowest BCUT2D eigenvalue weighted by atomic mass is 9.75. The van der Waals surface area contributed by atoms with Crippen molar-refractivity contribution < 1.29 is 9.59 Å². The van der Waals surface area contributed by atoms with E-state index in [9.17, 15) is 9.59 Å². The molecule has 1 saturated heterocycles. The minimum Gasteiger partial charge on any atom is -0.338 e. The van der Waals surface area contributed by atoms with E-state index in [-0.39, 0.29) is 18.0 Å². The predicted molar refractivity (Wildman–Crippen MR) is 103 cm³/mol. The molecule has 1 heterocycles. The van der Waals surface area contributed by atoms with E-state index in [0.717, 1.165) is 36.6 Å². The van der Waals surface area contributed by atoms with E-state index in [4.69, 9.17) is 0 Å². The van der Waals surface area contributed by atoms with Crippen molar-refractivity contribution in [2.75, 3.05) is 13.1 Å². The smallest absolute Gasteiger partial charge is 0.315 e. The first-order valence-electron chi connectivity index (χ1n) is 9.95. The van der Waals surface area contributed by atoms with E-state index < -0.39 is 0 Å². The van der Waals surface area contributed by atoms with Crippen LogP contribution in [0.15, 0.2) is 24.3 Å². The number of benzene rings is 1. The number of piperidine rings is 1. The molecule has 1 aromatic rings. The number of hydrogen-bond acceptors (Lipinski definition) is 2. The minimum absolute atomic E-state index is 0.114. The highest BCUT2D eigenvalue weighted by Crippen LogP contribution is 2.36. The Kier molecular flexibility index (Phi) is 6.17. The molecule has 2 aliphatic rings. The van der Waals surface area contributed by atoms with Crippen LogP contribution in [-0.2, 0) is 6.54 Å². The maximum atomic E-state index is 12.8. The van der Waals surface area contributed by atoms with Gasteiger partial charge in [-0.2, -0.15) is 0 Å². The second-order valence-electron chi connectivity index (χ2n) is 8.02. The Morgan fingerprint density at radius 2 is 1.77 bits per heavy atom. The van der Waals surface area contributed by atoms with Gasteiger partial charge in [0.2, 0.25) is 0 Å². The number of amides is 3. The lowest BCUT2D eigenvalue weighted by Gasteiger charge is -2.41. The summed E-state index contributed by atoms with van der Waals surface area (Å²) < 4.78 is 0. The van der Waals surface area contributed by atoms with Gasteiger partial charge in [0, 0.05) is 31.2 Å². The van der Waals surface area contributed by atoms with Gasteiger partial charge >= 0.3 is 6.03 Å². The van der Waals surface area contributed by atoms with Gasteiger partial charge in [-0.05, 0) is 56.2 Å². The standard InChI is InChI=1S/C21H31N3O2/c1-15(2)23-21(26)22-13-16-7-9-18(10-8-16)20(25)24-12-11-17-5-3-4-6-19(17)14-24/h7-10,15,17,19H,3-6,11-14H2,1-2H3,(H2,22,23,26)/t17-,19-/m0/s1. The van der Waals surface area contributed by atoms with Crippen LogP contribution in [0, 0.1) is 11.8 Å². The molecular formula is C21H31N3O2. The highest BCUT2D eigenvalue weighted by molar-refractivity contribution is 5.94. The number of hydrogen-bond donors (Lipinski definition) is 2. The number of fused-ring (bicyclic) bond motifs is 1. The van der Waals surface area contributed by atoms with Gasteiger partial charge in [0.25, 0.3) is 5.91 Å². The molecule has 3 amide bonds. The van der Waals surface area contributed by atoms with E-state index in [1.807, 2.05) is 43.0 Å². The van der Waals surface area contributed by atoms with Gasteiger partial charge in [-0.25, -0.2) is 4.79 Å². The molecular weight excluding hydrogens is 326 g/mol. The van der Waals surface area contributed by atoms with Crippen LogP contribution in [-0.4, -0.2) is 36.0 Å². The minimum atomic E-state index is -0.171. The summed E-state index contributed by atoms with van der Waals surface area (Å²) in [5, 5.41) is 5.63. The second-order valence-corrected chi connectivity index (χ2v) is 8.02. The topological polar surface area (TPSA) is 61.4 Å². The number of carbonyl (C=O) groups excluding carboxylic acids is 2. The zero-order chi connectivity index (χ0) is 18.5. The van der Waals surface area contributed by atoms with Crippen LogP contribution in [0.5, 0.6) is 0 Å². The second kappa shape index (κ2) is 8.56. The SMILES string of the molecule is CC(C)NC(=O)NCc1ccc(C(=O)N2CC[C@@H]3CCCC[C@H]3C2)cc1. The Balaban J connectivity index is 1.53. The Labute approximate surface area is 156 Å². The molecule has 0 spiro atoms. The Morgan fingerprint density at radius 3 is 2.46 bits per heavy atom. The van der Waals surface area contributed by atoms with Gasteiger partial charge in [0.05, 0.1) is 0 Å².